The van der Waals surface area contributed by atoms with Gasteiger partial charge in [-0.2, -0.15) is 0 Å². The maximum atomic E-state index is 12.6. The van der Waals surface area contributed by atoms with Gasteiger partial charge in [-0.1, -0.05) is 29.8 Å². The Morgan fingerprint density at radius 2 is 1.82 bits per heavy atom. The summed E-state index contributed by atoms with van der Waals surface area (Å²) in [4.78, 5) is 26.7. The normalized spacial score (nSPS) is 15.8. The second kappa shape index (κ2) is 12.0. The van der Waals surface area contributed by atoms with Crippen LogP contribution in [0.1, 0.15) is 50.3 Å². The third-order valence-corrected chi connectivity index (χ3v) is 4.95. The number of carbonyl (C=O) groups is 2. The molecule has 0 aliphatic carbocycles. The molecule has 1 atom stereocenters. The lowest BCUT2D eigenvalue weighted by atomic mass is 9.94. The average Bonchev–Trinajstić information content (AvgIpc) is 2.67. The summed E-state index contributed by atoms with van der Waals surface area (Å²) in [5.41, 5.74) is 8.11. The summed E-state index contributed by atoms with van der Waals surface area (Å²) < 4.78 is 5.47. The molecule has 0 bridgehead atoms. The van der Waals surface area contributed by atoms with Gasteiger partial charge in [-0.15, -0.1) is 12.4 Å². The van der Waals surface area contributed by atoms with Crippen molar-refractivity contribution in [1.29, 1.82) is 0 Å². The highest BCUT2D eigenvalue weighted by Crippen LogP contribution is 2.21. The topological polar surface area (TPSA) is 84.7 Å². The number of ether oxygens (including phenoxy) is 1. The van der Waals surface area contributed by atoms with Crippen LogP contribution in [0.4, 0.5) is 0 Å². The maximum absolute atomic E-state index is 12.6. The Bertz CT molecular complexity index is 614. The predicted octanol–water partition coefficient (Wildman–Crippen LogP) is 2.59. The fourth-order valence-electron chi connectivity index (χ4n) is 3.22. The molecule has 1 unspecified atom stereocenters. The molecule has 1 aromatic carbocycles. The fourth-order valence-corrected chi connectivity index (χ4v) is 3.22. The molecule has 1 heterocycles. The highest BCUT2D eigenvalue weighted by Gasteiger charge is 2.29. The van der Waals surface area contributed by atoms with E-state index in [-0.39, 0.29) is 36.2 Å². The number of nitrogens with one attached hydrogen (secondary N) is 1. The van der Waals surface area contributed by atoms with Gasteiger partial charge in [-0.05, 0) is 45.6 Å². The number of halogens is 1. The van der Waals surface area contributed by atoms with E-state index >= 15 is 0 Å². The largest absolute Gasteiger partial charge is 0.379 e. The lowest BCUT2D eigenvalue weighted by Crippen LogP contribution is -2.46. The third-order valence-electron chi connectivity index (χ3n) is 4.95. The minimum Gasteiger partial charge on any atom is -0.379 e. The number of rotatable bonds is 8. The van der Waals surface area contributed by atoms with Gasteiger partial charge < -0.3 is 20.7 Å². The average molecular weight is 412 g/mol. The summed E-state index contributed by atoms with van der Waals surface area (Å²) in [6.45, 7) is 8.44. The smallest absolute Gasteiger partial charge is 0.244 e. The Kier molecular flexibility index (Phi) is 10.5. The summed E-state index contributed by atoms with van der Waals surface area (Å²) in [5, 5.41) is 2.98. The van der Waals surface area contributed by atoms with Crippen LogP contribution in [-0.2, 0) is 14.3 Å². The van der Waals surface area contributed by atoms with Crippen molar-refractivity contribution in [2.24, 2.45) is 11.7 Å². The number of nitrogens with zero attached hydrogens (tertiary/aromatic N) is 1. The van der Waals surface area contributed by atoms with E-state index in [1.807, 2.05) is 45.0 Å². The van der Waals surface area contributed by atoms with E-state index < -0.39 is 6.04 Å². The van der Waals surface area contributed by atoms with Gasteiger partial charge in [0, 0.05) is 32.2 Å². The number of aryl methyl sites for hydroxylation is 1. The Morgan fingerprint density at radius 3 is 2.39 bits per heavy atom. The molecule has 2 amide bonds. The molecule has 0 radical (unpaired) electrons. The molecule has 2 rings (SSSR count). The predicted molar refractivity (Wildman–Crippen MR) is 113 cm³/mol. The molecule has 0 aromatic heterocycles. The van der Waals surface area contributed by atoms with E-state index in [0.29, 0.717) is 39.1 Å². The van der Waals surface area contributed by atoms with E-state index in [1.54, 1.807) is 4.90 Å². The van der Waals surface area contributed by atoms with Crippen molar-refractivity contribution >= 4 is 24.2 Å². The Hall–Kier alpha value is -1.63. The van der Waals surface area contributed by atoms with Crippen molar-refractivity contribution in [2.75, 3.05) is 26.2 Å². The second-order valence-corrected chi connectivity index (χ2v) is 7.55. The number of likely N-dealkylation sites (tertiary alicyclic amines) is 1. The molecule has 3 N–H and O–H groups in total. The van der Waals surface area contributed by atoms with Gasteiger partial charge >= 0.3 is 0 Å². The number of nitrogens with two attached hydrogens (primary N) is 1. The lowest BCUT2D eigenvalue weighted by Gasteiger charge is -2.33. The van der Waals surface area contributed by atoms with Crippen LogP contribution in [0.2, 0.25) is 0 Å². The number of carbonyl (C=O) groups excluding carboxylic acids is 2. The minimum atomic E-state index is -0.642. The number of piperidine rings is 1. The zero-order valence-electron chi connectivity index (χ0n) is 17.1. The summed E-state index contributed by atoms with van der Waals surface area (Å²) in [6, 6.07) is 7.09. The van der Waals surface area contributed by atoms with E-state index in [0.717, 1.165) is 17.5 Å². The standard InChI is InChI=1S/C21H33N3O3.ClH/c1-15(2)27-14-4-11-23-20(25)18-9-12-24(13-10-18)21(26)19(22)17-7-5-16(3)6-8-17;/h5-8,15,18-19H,4,9-14,22H2,1-3H3,(H,23,25);1H. The first-order valence-corrected chi connectivity index (χ1v) is 9.88. The van der Waals surface area contributed by atoms with Crippen LogP contribution in [0.25, 0.3) is 0 Å². The highest BCUT2D eigenvalue weighted by molar-refractivity contribution is 5.85. The highest BCUT2D eigenvalue weighted by atomic mass is 35.5. The monoisotopic (exact) mass is 411 g/mol. The molecule has 1 fully saturated rings. The van der Waals surface area contributed by atoms with Crippen molar-refractivity contribution < 1.29 is 14.3 Å². The van der Waals surface area contributed by atoms with Crippen LogP contribution >= 0.6 is 12.4 Å². The summed E-state index contributed by atoms with van der Waals surface area (Å²) in [7, 11) is 0. The van der Waals surface area contributed by atoms with Gasteiger partial charge in [-0.25, -0.2) is 0 Å². The lowest BCUT2D eigenvalue weighted by molar-refractivity contribution is -0.136. The quantitative estimate of drug-likeness (QED) is 0.644. The first-order valence-electron chi connectivity index (χ1n) is 9.88. The number of benzene rings is 1. The maximum Gasteiger partial charge on any atom is 0.244 e. The molecule has 6 nitrogen and oxygen atoms in total. The van der Waals surface area contributed by atoms with Crippen molar-refractivity contribution in [3.05, 3.63) is 35.4 Å². The van der Waals surface area contributed by atoms with E-state index in [2.05, 4.69) is 5.32 Å². The number of amides is 2. The minimum absolute atomic E-state index is 0. The second-order valence-electron chi connectivity index (χ2n) is 7.55. The molecule has 1 aliphatic heterocycles. The Labute approximate surface area is 174 Å². The van der Waals surface area contributed by atoms with Gasteiger partial charge in [0.15, 0.2) is 0 Å². The van der Waals surface area contributed by atoms with Gasteiger partial charge in [0.2, 0.25) is 11.8 Å². The molecular weight excluding hydrogens is 378 g/mol. The molecule has 158 valence electrons. The number of hydrogen-bond donors (Lipinski definition) is 2. The zero-order valence-corrected chi connectivity index (χ0v) is 18.0. The van der Waals surface area contributed by atoms with Crippen molar-refractivity contribution in [3.8, 4) is 0 Å². The SMILES string of the molecule is Cc1ccc(C(N)C(=O)N2CCC(C(=O)NCCCOC(C)C)CC2)cc1.Cl. The molecule has 1 aliphatic rings. The van der Waals surface area contributed by atoms with Crippen LogP contribution in [0.5, 0.6) is 0 Å². The molecule has 1 saturated heterocycles. The van der Waals surface area contributed by atoms with Crippen LogP contribution < -0.4 is 11.1 Å². The van der Waals surface area contributed by atoms with Crippen molar-refractivity contribution in [1.82, 2.24) is 10.2 Å². The number of hydrogen-bond acceptors (Lipinski definition) is 4. The van der Waals surface area contributed by atoms with Gasteiger partial charge in [-0.3, -0.25) is 9.59 Å². The molecule has 7 heteroatoms. The molecule has 0 spiro atoms. The van der Waals surface area contributed by atoms with Crippen molar-refractivity contribution in [3.63, 3.8) is 0 Å². The first kappa shape index (κ1) is 24.4. The van der Waals surface area contributed by atoms with Gasteiger partial charge in [0.05, 0.1) is 6.10 Å². The molecule has 28 heavy (non-hydrogen) atoms. The van der Waals surface area contributed by atoms with Crippen LogP contribution in [0.15, 0.2) is 24.3 Å². The molecular formula is C21H34ClN3O3. The van der Waals surface area contributed by atoms with Crippen LogP contribution in [0.3, 0.4) is 0 Å². The van der Waals surface area contributed by atoms with Crippen molar-refractivity contribution in [2.45, 2.75) is 52.2 Å². The summed E-state index contributed by atoms with van der Waals surface area (Å²) in [6.07, 6.45) is 2.39. The molecule has 0 saturated carbocycles. The first-order chi connectivity index (χ1) is 12.9. The van der Waals surface area contributed by atoms with Gasteiger partial charge in [0.25, 0.3) is 0 Å². The van der Waals surface area contributed by atoms with Gasteiger partial charge in [0.1, 0.15) is 6.04 Å². The van der Waals surface area contributed by atoms with E-state index in [9.17, 15) is 9.59 Å². The Balaban J connectivity index is 0.00000392. The third kappa shape index (κ3) is 7.41. The Morgan fingerprint density at radius 1 is 1.21 bits per heavy atom. The van der Waals surface area contributed by atoms with E-state index in [4.69, 9.17) is 10.5 Å². The fraction of sp³-hybridized carbons (Fsp3) is 0.619. The van der Waals surface area contributed by atoms with Crippen LogP contribution in [0, 0.1) is 12.8 Å². The summed E-state index contributed by atoms with van der Waals surface area (Å²) >= 11 is 0. The van der Waals surface area contributed by atoms with E-state index in [1.165, 1.54) is 0 Å². The zero-order chi connectivity index (χ0) is 19.8. The molecule has 1 aromatic rings. The van der Waals surface area contributed by atoms with Crippen LogP contribution in [-0.4, -0.2) is 49.1 Å². The summed E-state index contributed by atoms with van der Waals surface area (Å²) in [5.74, 6) is -0.0197.